The number of aliphatic carboxylic acids is 1. The minimum Gasteiger partial charge on any atom is -0.481 e. The van der Waals surface area contributed by atoms with Gasteiger partial charge in [0.05, 0.1) is 0 Å². The van der Waals surface area contributed by atoms with Crippen LogP contribution in [0.25, 0.3) is 0 Å². The molecule has 1 aliphatic heterocycles. The maximum Gasteiger partial charge on any atom is 0.315 e. The van der Waals surface area contributed by atoms with Gasteiger partial charge in [-0.3, -0.25) is 4.79 Å². The largest absolute Gasteiger partial charge is 0.481 e. The highest BCUT2D eigenvalue weighted by Crippen LogP contribution is 2.18. The molecule has 0 bridgehead atoms. The number of carboxylic acid groups (broad SMARTS) is 1. The normalized spacial score (nSPS) is 17.7. The number of carbonyl (C=O) groups excluding carboxylic acids is 1. The second kappa shape index (κ2) is 8.74. The molecule has 0 aliphatic carbocycles. The van der Waals surface area contributed by atoms with E-state index in [1.807, 2.05) is 6.92 Å². The lowest BCUT2D eigenvalue weighted by Gasteiger charge is -2.28. The van der Waals surface area contributed by atoms with Gasteiger partial charge in [-0.1, -0.05) is 0 Å². The van der Waals surface area contributed by atoms with E-state index in [0.29, 0.717) is 25.3 Å². The van der Waals surface area contributed by atoms with Crippen LogP contribution in [0.1, 0.15) is 39.0 Å². The van der Waals surface area contributed by atoms with Crippen LogP contribution >= 0.6 is 0 Å². The fourth-order valence-corrected chi connectivity index (χ4v) is 2.19. The van der Waals surface area contributed by atoms with E-state index in [0.717, 1.165) is 26.1 Å². The Morgan fingerprint density at radius 3 is 2.63 bits per heavy atom. The van der Waals surface area contributed by atoms with E-state index in [1.54, 1.807) is 0 Å². The summed E-state index contributed by atoms with van der Waals surface area (Å²) in [6, 6.07) is -0.0303. The van der Waals surface area contributed by atoms with E-state index in [9.17, 15) is 9.59 Å². The van der Waals surface area contributed by atoms with E-state index < -0.39 is 5.97 Å². The van der Waals surface area contributed by atoms with Gasteiger partial charge in [-0.15, -0.1) is 0 Å². The molecule has 110 valence electrons. The van der Waals surface area contributed by atoms with E-state index in [2.05, 4.69) is 10.6 Å². The summed E-state index contributed by atoms with van der Waals surface area (Å²) < 4.78 is 5.29. The smallest absolute Gasteiger partial charge is 0.315 e. The molecule has 1 heterocycles. The Morgan fingerprint density at radius 1 is 1.32 bits per heavy atom. The first kappa shape index (κ1) is 15.8. The summed E-state index contributed by atoms with van der Waals surface area (Å²) in [5.74, 6) is -0.316. The molecule has 0 aromatic carbocycles. The van der Waals surface area contributed by atoms with Crippen molar-refractivity contribution < 1.29 is 19.4 Å². The molecule has 19 heavy (non-hydrogen) atoms. The molecule has 0 saturated carbocycles. The van der Waals surface area contributed by atoms with Crippen LogP contribution in [-0.4, -0.2) is 42.9 Å². The van der Waals surface area contributed by atoms with Crippen LogP contribution in [0, 0.1) is 5.92 Å². The zero-order valence-corrected chi connectivity index (χ0v) is 11.5. The second-order valence-corrected chi connectivity index (χ2v) is 4.99. The lowest BCUT2D eigenvalue weighted by molar-refractivity contribution is -0.137. The van der Waals surface area contributed by atoms with Gasteiger partial charge < -0.3 is 20.5 Å². The number of carboxylic acids is 1. The third-order valence-electron chi connectivity index (χ3n) is 3.43. The van der Waals surface area contributed by atoms with Crippen LogP contribution in [-0.2, 0) is 9.53 Å². The third kappa shape index (κ3) is 7.00. The molecule has 1 rings (SSSR count). The summed E-state index contributed by atoms with van der Waals surface area (Å²) in [5.41, 5.74) is 0. The molecule has 0 radical (unpaired) electrons. The maximum atomic E-state index is 11.6. The summed E-state index contributed by atoms with van der Waals surface area (Å²) in [5, 5.41) is 14.2. The molecule has 1 unspecified atom stereocenters. The topological polar surface area (TPSA) is 87.7 Å². The fourth-order valence-electron chi connectivity index (χ4n) is 2.19. The van der Waals surface area contributed by atoms with Crippen LogP contribution in [0.3, 0.4) is 0 Å². The van der Waals surface area contributed by atoms with Crippen molar-refractivity contribution in [1.82, 2.24) is 10.6 Å². The maximum absolute atomic E-state index is 11.6. The minimum absolute atomic E-state index is 0.142. The van der Waals surface area contributed by atoms with E-state index in [4.69, 9.17) is 9.84 Å². The number of hydrogen-bond donors (Lipinski definition) is 3. The number of amides is 2. The van der Waals surface area contributed by atoms with Crippen molar-refractivity contribution in [3.63, 3.8) is 0 Å². The number of carbonyl (C=O) groups is 2. The SMILES string of the molecule is CC(NC(=O)NCCCCC(=O)O)C1CCOCC1. The monoisotopic (exact) mass is 272 g/mol. The van der Waals surface area contributed by atoms with Crippen molar-refractivity contribution in [1.29, 1.82) is 0 Å². The summed E-state index contributed by atoms with van der Waals surface area (Å²) in [7, 11) is 0. The lowest BCUT2D eigenvalue weighted by Crippen LogP contribution is -2.45. The summed E-state index contributed by atoms with van der Waals surface area (Å²) in [6.45, 7) is 4.07. The van der Waals surface area contributed by atoms with Crippen molar-refractivity contribution in [2.24, 2.45) is 5.92 Å². The average molecular weight is 272 g/mol. The average Bonchev–Trinajstić information content (AvgIpc) is 2.39. The van der Waals surface area contributed by atoms with Gasteiger partial charge >= 0.3 is 12.0 Å². The van der Waals surface area contributed by atoms with Gasteiger partial charge in [0.1, 0.15) is 0 Å². The van der Waals surface area contributed by atoms with Crippen molar-refractivity contribution in [2.75, 3.05) is 19.8 Å². The van der Waals surface area contributed by atoms with Crippen molar-refractivity contribution in [3.05, 3.63) is 0 Å². The fraction of sp³-hybridized carbons (Fsp3) is 0.846. The van der Waals surface area contributed by atoms with Gasteiger partial charge in [-0.2, -0.15) is 0 Å². The third-order valence-corrected chi connectivity index (χ3v) is 3.43. The van der Waals surface area contributed by atoms with Crippen LogP contribution in [0.15, 0.2) is 0 Å². The first-order chi connectivity index (χ1) is 9.09. The Kier molecular flexibility index (Phi) is 7.25. The number of ether oxygens (including phenoxy) is 1. The molecule has 1 aliphatic rings. The Hall–Kier alpha value is -1.30. The van der Waals surface area contributed by atoms with Gasteiger partial charge in [-0.05, 0) is 38.5 Å². The number of hydrogen-bond acceptors (Lipinski definition) is 3. The molecule has 0 aromatic heterocycles. The van der Waals surface area contributed by atoms with Crippen LogP contribution in [0.5, 0.6) is 0 Å². The van der Waals surface area contributed by atoms with Crippen molar-refractivity contribution >= 4 is 12.0 Å². The molecule has 1 saturated heterocycles. The van der Waals surface area contributed by atoms with Gasteiger partial charge in [0.15, 0.2) is 0 Å². The highest BCUT2D eigenvalue weighted by molar-refractivity contribution is 5.74. The van der Waals surface area contributed by atoms with Gasteiger partial charge in [0, 0.05) is 32.2 Å². The number of nitrogens with one attached hydrogen (secondary N) is 2. The van der Waals surface area contributed by atoms with Gasteiger partial charge in [-0.25, -0.2) is 4.79 Å². The number of rotatable bonds is 7. The molecule has 0 spiro atoms. The molecule has 1 fully saturated rings. The predicted molar refractivity (Wildman–Crippen MR) is 71.0 cm³/mol. The van der Waals surface area contributed by atoms with E-state index in [-0.39, 0.29) is 18.5 Å². The molecule has 6 heteroatoms. The van der Waals surface area contributed by atoms with Gasteiger partial charge in [0.25, 0.3) is 0 Å². The molecule has 3 N–H and O–H groups in total. The van der Waals surface area contributed by atoms with Crippen LogP contribution < -0.4 is 10.6 Å². The standard InChI is InChI=1S/C13H24N2O4/c1-10(11-5-8-19-9-6-11)15-13(18)14-7-3-2-4-12(16)17/h10-11H,2-9H2,1H3,(H,16,17)(H2,14,15,18). The highest BCUT2D eigenvalue weighted by atomic mass is 16.5. The predicted octanol–water partition coefficient (Wildman–Crippen LogP) is 1.36. The molecular formula is C13H24N2O4. The molecule has 0 aromatic rings. The van der Waals surface area contributed by atoms with E-state index >= 15 is 0 Å². The summed E-state index contributed by atoms with van der Waals surface area (Å²) >= 11 is 0. The Morgan fingerprint density at radius 2 is 2.00 bits per heavy atom. The van der Waals surface area contributed by atoms with E-state index in [1.165, 1.54) is 0 Å². The molecular weight excluding hydrogens is 248 g/mol. The summed E-state index contributed by atoms with van der Waals surface area (Å²) in [6.07, 6.45) is 3.40. The Balaban J connectivity index is 2.07. The number of unbranched alkanes of at least 4 members (excludes halogenated alkanes) is 1. The first-order valence-corrected chi connectivity index (χ1v) is 6.93. The van der Waals surface area contributed by atoms with Crippen LogP contribution in [0.2, 0.25) is 0 Å². The quantitative estimate of drug-likeness (QED) is 0.611. The Bertz CT molecular complexity index is 290. The molecule has 6 nitrogen and oxygen atoms in total. The van der Waals surface area contributed by atoms with Crippen molar-refractivity contribution in [2.45, 2.75) is 45.1 Å². The van der Waals surface area contributed by atoms with Crippen molar-refractivity contribution in [3.8, 4) is 0 Å². The zero-order chi connectivity index (χ0) is 14.1. The molecule has 2 amide bonds. The first-order valence-electron chi connectivity index (χ1n) is 6.93. The highest BCUT2D eigenvalue weighted by Gasteiger charge is 2.21. The molecule has 1 atom stereocenters. The van der Waals surface area contributed by atoms with Crippen LogP contribution in [0.4, 0.5) is 4.79 Å². The lowest BCUT2D eigenvalue weighted by atomic mass is 9.93. The second-order valence-electron chi connectivity index (χ2n) is 4.99. The summed E-state index contributed by atoms with van der Waals surface area (Å²) in [4.78, 5) is 21.9. The Labute approximate surface area is 113 Å². The van der Waals surface area contributed by atoms with Gasteiger partial charge in [0.2, 0.25) is 0 Å². The minimum atomic E-state index is -0.794. The zero-order valence-electron chi connectivity index (χ0n) is 11.5. The number of urea groups is 1.